The minimum absolute atomic E-state index is 0.00270. The molecule has 218 valence electrons. The number of nitrogens with one attached hydrogen (secondary N) is 3. The summed E-state index contributed by atoms with van der Waals surface area (Å²) in [6.45, 7) is 2.38. The average Bonchev–Trinajstić information content (AvgIpc) is 3.76. The van der Waals surface area contributed by atoms with Crippen molar-refractivity contribution >= 4 is 29.0 Å². The van der Waals surface area contributed by atoms with E-state index in [1.54, 1.807) is 25.4 Å². The van der Waals surface area contributed by atoms with Gasteiger partial charge in [-0.2, -0.15) is 10.4 Å². The zero-order chi connectivity index (χ0) is 29.9. The molecule has 3 N–H and O–H groups in total. The number of amides is 2. The van der Waals surface area contributed by atoms with Gasteiger partial charge in [0.05, 0.1) is 42.0 Å². The average molecular weight is 579 g/mol. The summed E-state index contributed by atoms with van der Waals surface area (Å²) in [5.41, 5.74) is 4.24. The van der Waals surface area contributed by atoms with Crippen LogP contribution in [0.5, 0.6) is 5.75 Å². The van der Waals surface area contributed by atoms with Crippen molar-refractivity contribution in [3.8, 4) is 22.9 Å². The number of nitrogens with zero attached hydrogens (tertiary/aromatic N) is 7. The van der Waals surface area contributed by atoms with Crippen LogP contribution in [0.3, 0.4) is 0 Å². The summed E-state index contributed by atoms with van der Waals surface area (Å²) < 4.78 is 7.79. The Morgan fingerprint density at radius 1 is 1.12 bits per heavy atom. The van der Waals surface area contributed by atoms with Crippen LogP contribution in [0, 0.1) is 17.2 Å². The predicted molar refractivity (Wildman–Crippen MR) is 158 cm³/mol. The monoisotopic (exact) mass is 578 g/mol. The number of rotatable bonds is 10. The Balaban J connectivity index is 1.19. The maximum atomic E-state index is 12.6. The molecule has 0 radical (unpaired) electrons. The van der Waals surface area contributed by atoms with Gasteiger partial charge in [-0.1, -0.05) is 12.1 Å². The first kappa shape index (κ1) is 27.8. The number of likely N-dealkylation sites (tertiary alicyclic amines) is 1. The van der Waals surface area contributed by atoms with Gasteiger partial charge < -0.3 is 20.7 Å². The quantitative estimate of drug-likeness (QED) is 0.255. The lowest BCUT2D eigenvalue weighted by Crippen LogP contribution is -2.47. The number of pyridine rings is 1. The van der Waals surface area contributed by atoms with E-state index in [9.17, 15) is 9.59 Å². The van der Waals surface area contributed by atoms with Crippen LogP contribution >= 0.6 is 0 Å². The fourth-order valence-corrected chi connectivity index (χ4v) is 4.96. The molecule has 2 fully saturated rings. The molecule has 1 aliphatic carbocycles. The molecule has 2 aliphatic rings. The molecule has 4 heterocycles. The van der Waals surface area contributed by atoms with Crippen molar-refractivity contribution in [2.24, 2.45) is 5.92 Å². The number of carbonyl (C=O) groups excluding carboxylic acids is 2. The first-order valence-corrected chi connectivity index (χ1v) is 13.9. The summed E-state index contributed by atoms with van der Waals surface area (Å²) in [6.07, 6.45) is 7.12. The van der Waals surface area contributed by atoms with E-state index in [-0.39, 0.29) is 29.4 Å². The molecule has 0 atom stereocenters. The number of methoxy groups -OCH3 is 1. The van der Waals surface area contributed by atoms with Crippen molar-refractivity contribution in [1.82, 2.24) is 35.2 Å². The molecule has 1 aliphatic heterocycles. The molecular weight excluding hydrogens is 548 g/mol. The third-order valence-corrected chi connectivity index (χ3v) is 7.49. The maximum absolute atomic E-state index is 12.6. The fourth-order valence-electron chi connectivity index (χ4n) is 4.96. The molecule has 1 aromatic carbocycles. The molecular formula is C30H30N10O3. The van der Waals surface area contributed by atoms with E-state index in [2.05, 4.69) is 47.2 Å². The maximum Gasteiger partial charge on any atom is 0.273 e. The van der Waals surface area contributed by atoms with E-state index < -0.39 is 5.91 Å². The van der Waals surface area contributed by atoms with Crippen LogP contribution in [0.2, 0.25) is 0 Å². The Kier molecular flexibility index (Phi) is 7.67. The highest BCUT2D eigenvalue weighted by molar-refractivity contribution is 6.00. The van der Waals surface area contributed by atoms with Crippen LogP contribution in [0.25, 0.3) is 11.1 Å². The lowest BCUT2D eigenvalue weighted by Gasteiger charge is -2.38. The smallest absolute Gasteiger partial charge is 0.273 e. The van der Waals surface area contributed by atoms with Crippen LogP contribution in [0.4, 0.5) is 17.2 Å². The summed E-state index contributed by atoms with van der Waals surface area (Å²) in [5, 5.41) is 30.3. The van der Waals surface area contributed by atoms with Gasteiger partial charge >= 0.3 is 0 Å². The third kappa shape index (κ3) is 6.00. The van der Waals surface area contributed by atoms with Crippen LogP contribution < -0.4 is 20.7 Å². The Morgan fingerprint density at radius 2 is 1.95 bits per heavy atom. The fraction of sp³-hybridized carbons (Fsp3) is 0.300. The standard InChI is InChI=1S/C30H30N10O3/c1-32-30(42)27-25(10-26(37-38-27)36-29(41)19-7-8-19)35-24-5-3-4-23(28(24)43-2)20-13-34-40(14-20)22-16-39(17-22)15-21-9-6-18(11-31)12-33-21/h3-6,9-10,12-14,19,22H,7-8,15-17H2,1-2H3,(H,32,42)(H2,35,36,37,41). The second-order valence-electron chi connectivity index (χ2n) is 10.6. The molecule has 43 heavy (non-hydrogen) atoms. The molecule has 0 spiro atoms. The van der Waals surface area contributed by atoms with Crippen molar-refractivity contribution in [2.45, 2.75) is 25.4 Å². The molecule has 4 aromatic rings. The van der Waals surface area contributed by atoms with Crippen LogP contribution in [0.1, 0.15) is 40.6 Å². The molecule has 1 saturated carbocycles. The van der Waals surface area contributed by atoms with E-state index in [4.69, 9.17) is 10.00 Å². The van der Waals surface area contributed by atoms with Crippen molar-refractivity contribution in [1.29, 1.82) is 5.26 Å². The third-order valence-electron chi connectivity index (χ3n) is 7.49. The van der Waals surface area contributed by atoms with E-state index in [0.29, 0.717) is 29.2 Å². The summed E-state index contributed by atoms with van der Waals surface area (Å²) in [4.78, 5) is 31.5. The van der Waals surface area contributed by atoms with Gasteiger partial charge in [0.1, 0.15) is 11.8 Å². The molecule has 0 unspecified atom stereocenters. The zero-order valence-corrected chi connectivity index (χ0v) is 23.7. The molecule has 2 amide bonds. The molecule has 6 rings (SSSR count). The number of nitriles is 1. The van der Waals surface area contributed by atoms with Crippen molar-refractivity contribution in [2.75, 3.05) is 37.9 Å². The van der Waals surface area contributed by atoms with Gasteiger partial charge in [0.2, 0.25) is 5.91 Å². The Morgan fingerprint density at radius 3 is 2.65 bits per heavy atom. The number of para-hydroxylation sites is 1. The van der Waals surface area contributed by atoms with Crippen molar-refractivity contribution in [3.05, 3.63) is 71.9 Å². The van der Waals surface area contributed by atoms with E-state index in [0.717, 1.165) is 42.8 Å². The lowest BCUT2D eigenvalue weighted by molar-refractivity contribution is -0.117. The predicted octanol–water partition coefficient (Wildman–Crippen LogP) is 3.12. The molecule has 0 bridgehead atoms. The Bertz CT molecular complexity index is 1700. The molecule has 3 aromatic heterocycles. The van der Waals surface area contributed by atoms with E-state index in [1.165, 1.54) is 7.05 Å². The van der Waals surface area contributed by atoms with Gasteiger partial charge in [-0.05, 0) is 31.0 Å². The minimum atomic E-state index is -0.420. The lowest BCUT2D eigenvalue weighted by atomic mass is 10.1. The highest BCUT2D eigenvalue weighted by Gasteiger charge is 2.31. The van der Waals surface area contributed by atoms with Gasteiger partial charge in [0.15, 0.2) is 11.5 Å². The first-order chi connectivity index (χ1) is 20.9. The number of benzene rings is 1. The van der Waals surface area contributed by atoms with Gasteiger partial charge in [-0.25, -0.2) is 0 Å². The van der Waals surface area contributed by atoms with Crippen molar-refractivity contribution < 1.29 is 14.3 Å². The molecule has 13 nitrogen and oxygen atoms in total. The topological polar surface area (TPSA) is 163 Å². The zero-order valence-electron chi connectivity index (χ0n) is 23.7. The summed E-state index contributed by atoms with van der Waals surface area (Å²) in [6, 6.07) is 13.2. The van der Waals surface area contributed by atoms with Gasteiger partial charge in [-0.3, -0.25) is 24.2 Å². The van der Waals surface area contributed by atoms with Crippen LogP contribution in [0.15, 0.2) is 55.0 Å². The Labute approximate surface area is 247 Å². The highest BCUT2D eigenvalue weighted by Crippen LogP contribution is 2.39. The SMILES string of the molecule is CNC(=O)c1nnc(NC(=O)C2CC2)cc1Nc1cccc(-c2cnn(C3CN(Cc4ccc(C#N)cn4)C3)c2)c1OC. The second kappa shape index (κ2) is 11.9. The highest BCUT2D eigenvalue weighted by atomic mass is 16.5. The van der Waals surface area contributed by atoms with E-state index >= 15 is 0 Å². The summed E-state index contributed by atoms with van der Waals surface area (Å²) in [5.74, 6) is 0.290. The number of carbonyl (C=O) groups is 2. The Hall–Kier alpha value is -5.35. The summed E-state index contributed by atoms with van der Waals surface area (Å²) in [7, 11) is 3.10. The van der Waals surface area contributed by atoms with Crippen LogP contribution in [-0.4, -0.2) is 68.9 Å². The van der Waals surface area contributed by atoms with Crippen molar-refractivity contribution in [3.63, 3.8) is 0 Å². The van der Waals surface area contributed by atoms with E-state index in [1.807, 2.05) is 41.3 Å². The molecule has 1 saturated heterocycles. The number of ether oxygens (including phenoxy) is 1. The summed E-state index contributed by atoms with van der Waals surface area (Å²) >= 11 is 0. The number of anilines is 3. The number of hydrogen-bond donors (Lipinski definition) is 3. The molecule has 13 heteroatoms. The minimum Gasteiger partial charge on any atom is -0.494 e. The van der Waals surface area contributed by atoms with Crippen LogP contribution in [-0.2, 0) is 11.3 Å². The van der Waals surface area contributed by atoms with Gasteiger partial charge in [0.25, 0.3) is 5.91 Å². The van der Waals surface area contributed by atoms with Gasteiger partial charge in [-0.15, -0.1) is 10.2 Å². The number of hydrogen-bond acceptors (Lipinski definition) is 10. The largest absolute Gasteiger partial charge is 0.494 e. The normalized spacial score (nSPS) is 14.8. The first-order valence-electron chi connectivity index (χ1n) is 13.9. The van der Waals surface area contributed by atoms with Gasteiger partial charge in [0, 0.05) is 62.2 Å². The number of aromatic nitrogens is 5. The second-order valence-corrected chi connectivity index (χ2v) is 10.6.